The molecule has 0 saturated heterocycles. The summed E-state index contributed by atoms with van der Waals surface area (Å²) < 4.78 is 15.4. The number of hydrogen-bond acceptors (Lipinski definition) is 0. The summed E-state index contributed by atoms with van der Waals surface area (Å²) in [6.45, 7) is 10.2. The highest BCUT2D eigenvalue weighted by Gasteiger charge is 2.18. The van der Waals surface area contributed by atoms with Crippen LogP contribution in [0, 0.1) is 12.4 Å². The minimum absolute atomic E-state index is 0.237. The van der Waals surface area contributed by atoms with Crippen molar-refractivity contribution in [2.75, 3.05) is 0 Å². The predicted molar refractivity (Wildman–Crippen MR) is 94.0 cm³/mol. The molecule has 0 unspecified atom stereocenters. The smallest absolute Gasteiger partial charge is 0.123 e. The lowest BCUT2D eigenvalue weighted by Gasteiger charge is -2.13. The first-order valence-corrected chi connectivity index (χ1v) is 7.73. The topological polar surface area (TPSA) is 4.93 Å². The highest BCUT2D eigenvalue weighted by atomic mass is 19.1. The largest absolute Gasteiger partial charge is 0.319 e. The summed E-state index contributed by atoms with van der Waals surface area (Å²) in [4.78, 5) is 0. The molecule has 0 bridgehead atoms. The van der Waals surface area contributed by atoms with E-state index >= 15 is 0 Å². The maximum absolute atomic E-state index is 13.2. The molecule has 0 N–H and O–H groups in total. The fraction of sp³-hybridized carbons (Fsp3) is 0.143. The Morgan fingerprint density at radius 1 is 1.00 bits per heavy atom. The van der Waals surface area contributed by atoms with Crippen LogP contribution < -0.4 is 0 Å². The van der Waals surface area contributed by atoms with Crippen molar-refractivity contribution in [3.05, 3.63) is 84.4 Å². The van der Waals surface area contributed by atoms with Gasteiger partial charge in [0.1, 0.15) is 5.82 Å². The average Bonchev–Trinajstić information content (AvgIpc) is 2.96. The van der Waals surface area contributed by atoms with E-state index in [1.165, 1.54) is 12.1 Å². The molecule has 0 amide bonds. The minimum atomic E-state index is -0.237. The summed E-state index contributed by atoms with van der Waals surface area (Å²) >= 11 is 0. The van der Waals surface area contributed by atoms with Gasteiger partial charge in [0.15, 0.2) is 0 Å². The maximum Gasteiger partial charge on any atom is 0.123 e. The van der Waals surface area contributed by atoms with Gasteiger partial charge in [-0.05, 0) is 35.7 Å². The fourth-order valence-corrected chi connectivity index (χ4v) is 2.96. The highest BCUT2D eigenvalue weighted by molar-refractivity contribution is 5.77. The third-order valence-electron chi connectivity index (χ3n) is 3.99. The average molecular weight is 304 g/mol. The second-order valence-electron chi connectivity index (χ2n) is 5.88. The molecule has 23 heavy (non-hydrogen) atoms. The first-order chi connectivity index (χ1) is 11.1. The van der Waals surface area contributed by atoms with E-state index in [2.05, 4.69) is 36.7 Å². The van der Waals surface area contributed by atoms with Gasteiger partial charge in [-0.1, -0.05) is 56.8 Å². The molecule has 115 valence electrons. The summed E-state index contributed by atoms with van der Waals surface area (Å²) in [6.07, 6.45) is 3.73. The van der Waals surface area contributed by atoms with Gasteiger partial charge >= 0.3 is 0 Å². The van der Waals surface area contributed by atoms with Crippen molar-refractivity contribution in [2.45, 2.75) is 19.8 Å². The second kappa shape index (κ2) is 6.25. The molecule has 1 aromatic heterocycles. The Morgan fingerprint density at radius 3 is 2.22 bits per heavy atom. The van der Waals surface area contributed by atoms with E-state index in [1.807, 2.05) is 18.2 Å². The normalized spacial score (nSPS) is 11.0. The summed E-state index contributed by atoms with van der Waals surface area (Å²) in [5.41, 5.74) is 5.21. The fourth-order valence-electron chi connectivity index (χ4n) is 2.96. The Labute approximate surface area is 136 Å². The van der Waals surface area contributed by atoms with Gasteiger partial charge in [-0.2, -0.15) is 0 Å². The van der Waals surface area contributed by atoms with Crippen LogP contribution in [0.5, 0.6) is 0 Å². The zero-order valence-corrected chi connectivity index (χ0v) is 13.3. The molecule has 0 saturated carbocycles. The van der Waals surface area contributed by atoms with Crippen molar-refractivity contribution < 1.29 is 4.39 Å². The van der Waals surface area contributed by atoms with Gasteiger partial charge in [-0.25, -0.2) is 4.39 Å². The zero-order chi connectivity index (χ0) is 16.4. The molecule has 2 heteroatoms. The first-order valence-electron chi connectivity index (χ1n) is 7.73. The van der Waals surface area contributed by atoms with Crippen LogP contribution in [0.25, 0.3) is 22.9 Å². The first kappa shape index (κ1) is 15.3. The van der Waals surface area contributed by atoms with Gasteiger partial charge in [-0.15, -0.1) is 0 Å². The molecule has 1 nitrogen and oxygen atoms in total. The molecule has 1 radical (unpaired) electrons. The summed E-state index contributed by atoms with van der Waals surface area (Å²) in [7, 11) is 0. The van der Waals surface area contributed by atoms with Crippen molar-refractivity contribution in [2.24, 2.45) is 0 Å². The monoisotopic (exact) mass is 304 g/mol. The van der Waals surface area contributed by atoms with Gasteiger partial charge in [0, 0.05) is 28.7 Å². The van der Waals surface area contributed by atoms with Crippen molar-refractivity contribution in [1.82, 2.24) is 4.57 Å². The Kier molecular flexibility index (Phi) is 4.16. The van der Waals surface area contributed by atoms with E-state index in [0.717, 1.165) is 28.1 Å². The van der Waals surface area contributed by atoms with Crippen molar-refractivity contribution >= 4 is 6.08 Å². The minimum Gasteiger partial charge on any atom is -0.319 e. The van der Waals surface area contributed by atoms with Gasteiger partial charge in [0.05, 0.1) is 0 Å². The van der Waals surface area contributed by atoms with Gasteiger partial charge in [-0.3, -0.25) is 0 Å². The quantitative estimate of drug-likeness (QED) is 0.569. The third kappa shape index (κ3) is 2.85. The van der Waals surface area contributed by atoms with E-state index in [1.54, 1.807) is 18.2 Å². The molecule has 0 atom stereocenters. The van der Waals surface area contributed by atoms with E-state index in [4.69, 9.17) is 6.58 Å². The molecule has 0 aliphatic rings. The predicted octanol–water partition coefficient (Wildman–Crippen LogP) is 5.85. The molecule has 0 aliphatic carbocycles. The van der Waals surface area contributed by atoms with Crippen molar-refractivity contribution in [3.63, 3.8) is 0 Å². The van der Waals surface area contributed by atoms with E-state index in [0.29, 0.717) is 5.92 Å². The number of aromatic nitrogens is 1. The molecule has 3 rings (SSSR count). The Balaban J connectivity index is 2.25. The summed E-state index contributed by atoms with van der Waals surface area (Å²) in [5.74, 6) is 0.0674. The van der Waals surface area contributed by atoms with Gasteiger partial charge in [0.2, 0.25) is 0 Å². The van der Waals surface area contributed by atoms with E-state index in [-0.39, 0.29) is 5.82 Å². The summed E-state index contributed by atoms with van der Waals surface area (Å²) in [5, 5.41) is 0. The van der Waals surface area contributed by atoms with Crippen LogP contribution in [0.2, 0.25) is 0 Å². The van der Waals surface area contributed by atoms with Crippen LogP contribution >= 0.6 is 0 Å². The third-order valence-corrected chi connectivity index (χ3v) is 3.99. The number of rotatable bonds is 4. The molecule has 1 heterocycles. The molecular formula is C21H19FN. The Bertz CT molecular complexity index is 811. The van der Waals surface area contributed by atoms with Crippen LogP contribution in [0.3, 0.4) is 0 Å². The summed E-state index contributed by atoms with van der Waals surface area (Å²) in [6, 6.07) is 16.7. The second-order valence-corrected chi connectivity index (χ2v) is 5.88. The molecule has 3 aromatic rings. The Hall–Kier alpha value is -2.61. The van der Waals surface area contributed by atoms with Gasteiger partial charge in [0.25, 0.3) is 0 Å². The van der Waals surface area contributed by atoms with E-state index in [9.17, 15) is 4.39 Å². The number of hydrogen-bond donors (Lipinski definition) is 0. The zero-order valence-electron chi connectivity index (χ0n) is 13.3. The van der Waals surface area contributed by atoms with Crippen molar-refractivity contribution in [1.29, 1.82) is 0 Å². The van der Waals surface area contributed by atoms with Crippen LogP contribution in [-0.4, -0.2) is 4.57 Å². The number of nitrogens with zero attached hydrogens (tertiary/aromatic N) is 1. The lowest BCUT2D eigenvalue weighted by atomic mass is 9.98. The van der Waals surface area contributed by atoms with Crippen molar-refractivity contribution in [3.8, 4) is 16.8 Å². The number of para-hydroxylation sites is 1. The van der Waals surface area contributed by atoms with Crippen LogP contribution in [0.1, 0.15) is 31.0 Å². The lowest BCUT2D eigenvalue weighted by Crippen LogP contribution is -2.01. The lowest BCUT2D eigenvalue weighted by molar-refractivity contribution is 0.628. The van der Waals surface area contributed by atoms with Crippen LogP contribution in [0.4, 0.5) is 4.39 Å². The highest BCUT2D eigenvalue weighted by Crippen LogP contribution is 2.35. The molecule has 0 fully saturated rings. The molecule has 0 aliphatic heterocycles. The van der Waals surface area contributed by atoms with Crippen LogP contribution in [0.15, 0.2) is 60.8 Å². The standard InChI is InChI=1S/C21H19FN/c1-4-19-20(16-10-12-17(22)13-11-16)14-23(21(19)15(2)3)18-8-6-5-7-9-18/h1,4-15H,2-3H3. The number of benzene rings is 2. The Morgan fingerprint density at radius 2 is 1.65 bits per heavy atom. The van der Waals surface area contributed by atoms with E-state index < -0.39 is 0 Å². The maximum atomic E-state index is 13.2. The molecule has 2 aromatic carbocycles. The number of halogens is 1. The van der Waals surface area contributed by atoms with Gasteiger partial charge < -0.3 is 4.57 Å². The van der Waals surface area contributed by atoms with Crippen LogP contribution in [-0.2, 0) is 0 Å². The molecular weight excluding hydrogens is 285 g/mol. The molecule has 0 spiro atoms. The SMILES string of the molecule is [CH]=Cc1c(-c2ccc(F)cc2)cn(-c2ccccc2)c1C(C)C.